The molecule has 1 aromatic heterocycles. The third-order valence-corrected chi connectivity index (χ3v) is 4.56. The Balaban J connectivity index is 2.09. The van der Waals surface area contributed by atoms with E-state index in [9.17, 15) is 19.5 Å². The van der Waals surface area contributed by atoms with Crippen LogP contribution in [0.3, 0.4) is 0 Å². The molecule has 0 bridgehead atoms. The number of likely N-dealkylation sites (tertiary alicyclic amines) is 1. The Hall–Kier alpha value is -2.21. The third kappa shape index (κ3) is 1.98. The number of aromatic carboxylic acids is 1. The maximum absolute atomic E-state index is 11.7. The molecule has 0 unspecified atom stereocenters. The predicted molar refractivity (Wildman–Crippen MR) is 73.6 cm³/mol. The molecule has 3 rings (SSSR count). The zero-order valence-corrected chi connectivity index (χ0v) is 11.3. The van der Waals surface area contributed by atoms with Crippen molar-refractivity contribution in [2.75, 3.05) is 0 Å². The number of benzene rings is 1. The van der Waals surface area contributed by atoms with Gasteiger partial charge in [0.1, 0.15) is 4.88 Å². The van der Waals surface area contributed by atoms with Crippen LogP contribution in [0.4, 0.5) is 0 Å². The van der Waals surface area contributed by atoms with Gasteiger partial charge in [0.2, 0.25) is 11.8 Å². The third-order valence-electron chi connectivity index (χ3n) is 3.36. The number of thiophene rings is 1. The Labute approximate surface area is 118 Å². The van der Waals surface area contributed by atoms with Crippen LogP contribution < -0.4 is 0 Å². The van der Waals surface area contributed by atoms with Gasteiger partial charge < -0.3 is 5.11 Å². The van der Waals surface area contributed by atoms with Gasteiger partial charge in [0.05, 0.1) is 6.54 Å². The molecule has 0 spiro atoms. The lowest BCUT2D eigenvalue weighted by Crippen LogP contribution is -2.28. The fourth-order valence-corrected chi connectivity index (χ4v) is 3.44. The molecule has 5 nitrogen and oxygen atoms in total. The van der Waals surface area contributed by atoms with Gasteiger partial charge in [-0.05, 0) is 11.5 Å². The molecule has 20 heavy (non-hydrogen) atoms. The molecule has 102 valence electrons. The van der Waals surface area contributed by atoms with E-state index in [1.165, 1.54) is 11.3 Å². The Bertz CT molecular complexity index is 718. The molecule has 0 atom stereocenters. The minimum absolute atomic E-state index is 0.0450. The highest BCUT2D eigenvalue weighted by Gasteiger charge is 2.31. The van der Waals surface area contributed by atoms with Crippen molar-refractivity contribution in [1.82, 2.24) is 4.90 Å². The second kappa shape index (κ2) is 4.72. The van der Waals surface area contributed by atoms with Crippen molar-refractivity contribution in [2.45, 2.75) is 19.4 Å². The van der Waals surface area contributed by atoms with Crippen LogP contribution in [0.15, 0.2) is 24.3 Å². The van der Waals surface area contributed by atoms with Gasteiger partial charge in [-0.15, -0.1) is 11.3 Å². The first-order valence-corrected chi connectivity index (χ1v) is 6.96. The first kappa shape index (κ1) is 12.8. The van der Waals surface area contributed by atoms with E-state index >= 15 is 0 Å². The van der Waals surface area contributed by atoms with E-state index < -0.39 is 5.97 Å². The fraction of sp³-hybridized carbons (Fsp3) is 0.214. The zero-order chi connectivity index (χ0) is 14.3. The van der Waals surface area contributed by atoms with Gasteiger partial charge in [0, 0.05) is 23.1 Å². The van der Waals surface area contributed by atoms with Crippen LogP contribution >= 0.6 is 11.3 Å². The Morgan fingerprint density at radius 3 is 2.50 bits per heavy atom. The molecule has 2 amide bonds. The normalized spacial score (nSPS) is 15.3. The van der Waals surface area contributed by atoms with Gasteiger partial charge in [-0.3, -0.25) is 14.5 Å². The maximum atomic E-state index is 11.7. The van der Waals surface area contributed by atoms with E-state index in [1.54, 1.807) is 0 Å². The molecule has 1 aromatic carbocycles. The van der Waals surface area contributed by atoms with Crippen molar-refractivity contribution >= 4 is 39.2 Å². The van der Waals surface area contributed by atoms with Crippen molar-refractivity contribution in [2.24, 2.45) is 0 Å². The quantitative estimate of drug-likeness (QED) is 0.879. The highest BCUT2D eigenvalue weighted by Crippen LogP contribution is 2.33. The maximum Gasteiger partial charge on any atom is 0.346 e. The largest absolute Gasteiger partial charge is 0.477 e. The van der Waals surface area contributed by atoms with Crippen LogP contribution in [0.25, 0.3) is 10.1 Å². The van der Waals surface area contributed by atoms with E-state index in [0.29, 0.717) is 5.56 Å². The molecule has 1 aliphatic heterocycles. The molecule has 2 heterocycles. The lowest BCUT2D eigenvalue weighted by molar-refractivity contribution is -0.139. The summed E-state index contributed by atoms with van der Waals surface area (Å²) in [4.78, 5) is 36.1. The molecule has 0 aliphatic carbocycles. The molecular weight excluding hydrogens is 278 g/mol. The number of imide groups is 1. The van der Waals surface area contributed by atoms with E-state index in [-0.39, 0.29) is 36.1 Å². The highest BCUT2D eigenvalue weighted by molar-refractivity contribution is 7.21. The monoisotopic (exact) mass is 289 g/mol. The van der Waals surface area contributed by atoms with Gasteiger partial charge in [-0.1, -0.05) is 18.2 Å². The molecule has 1 aliphatic rings. The number of fused-ring (bicyclic) bond motifs is 1. The van der Waals surface area contributed by atoms with Gasteiger partial charge in [0.15, 0.2) is 0 Å². The van der Waals surface area contributed by atoms with Crippen LogP contribution in [0.1, 0.15) is 28.1 Å². The summed E-state index contributed by atoms with van der Waals surface area (Å²) in [5, 5.41) is 10.1. The Kier molecular flexibility index (Phi) is 3.02. The van der Waals surface area contributed by atoms with Crippen molar-refractivity contribution in [1.29, 1.82) is 0 Å². The van der Waals surface area contributed by atoms with E-state index in [4.69, 9.17) is 0 Å². The van der Waals surface area contributed by atoms with Crippen LogP contribution in [0, 0.1) is 0 Å². The highest BCUT2D eigenvalue weighted by atomic mass is 32.1. The van der Waals surface area contributed by atoms with Crippen LogP contribution in [-0.2, 0) is 16.1 Å². The molecule has 0 saturated carbocycles. The number of hydrogen-bond acceptors (Lipinski definition) is 4. The molecule has 1 saturated heterocycles. The van der Waals surface area contributed by atoms with Crippen molar-refractivity contribution in [3.05, 3.63) is 34.7 Å². The molecular formula is C14H11NO4S. The summed E-state index contributed by atoms with van der Waals surface area (Å²) in [5.41, 5.74) is 0.543. The van der Waals surface area contributed by atoms with Crippen LogP contribution in [0.5, 0.6) is 0 Å². The first-order chi connectivity index (χ1) is 9.58. The van der Waals surface area contributed by atoms with E-state index in [2.05, 4.69) is 0 Å². The first-order valence-electron chi connectivity index (χ1n) is 6.15. The van der Waals surface area contributed by atoms with Crippen LogP contribution in [-0.4, -0.2) is 27.8 Å². The van der Waals surface area contributed by atoms with E-state index in [1.807, 2.05) is 24.3 Å². The number of carbonyl (C=O) groups is 3. The zero-order valence-electron chi connectivity index (χ0n) is 10.5. The molecule has 6 heteroatoms. The number of hydrogen-bond donors (Lipinski definition) is 1. The summed E-state index contributed by atoms with van der Waals surface area (Å²) in [6, 6.07) is 7.31. The van der Waals surface area contributed by atoms with E-state index in [0.717, 1.165) is 15.0 Å². The number of carboxylic acid groups (broad SMARTS) is 1. The molecule has 2 aromatic rings. The smallest absolute Gasteiger partial charge is 0.346 e. The number of nitrogens with zero attached hydrogens (tertiary/aromatic N) is 1. The average Bonchev–Trinajstić information content (AvgIpc) is 2.94. The molecule has 1 fully saturated rings. The Morgan fingerprint density at radius 1 is 1.20 bits per heavy atom. The lowest BCUT2D eigenvalue weighted by Gasteiger charge is -2.13. The SMILES string of the molecule is O=C(O)c1sc2ccccc2c1CN1C(=O)CCC1=O. The summed E-state index contributed by atoms with van der Waals surface area (Å²) in [7, 11) is 0. The molecule has 1 N–H and O–H groups in total. The fourth-order valence-electron chi connectivity index (χ4n) is 2.39. The van der Waals surface area contributed by atoms with Gasteiger partial charge >= 0.3 is 5.97 Å². The standard InChI is InChI=1S/C14H11NO4S/c16-11-5-6-12(17)15(11)7-9-8-3-1-2-4-10(8)20-13(9)14(18)19/h1-4H,5-7H2,(H,18,19). The van der Waals surface area contributed by atoms with Crippen LogP contribution in [0.2, 0.25) is 0 Å². The lowest BCUT2D eigenvalue weighted by atomic mass is 10.1. The van der Waals surface area contributed by atoms with Gasteiger partial charge in [-0.2, -0.15) is 0 Å². The topological polar surface area (TPSA) is 74.7 Å². The van der Waals surface area contributed by atoms with Crippen molar-refractivity contribution in [3.63, 3.8) is 0 Å². The Morgan fingerprint density at radius 2 is 1.85 bits per heavy atom. The van der Waals surface area contributed by atoms with Crippen molar-refractivity contribution in [3.8, 4) is 0 Å². The second-order valence-corrected chi connectivity index (χ2v) is 5.64. The number of amides is 2. The number of carbonyl (C=O) groups excluding carboxylic acids is 2. The van der Waals surface area contributed by atoms with Crippen molar-refractivity contribution < 1.29 is 19.5 Å². The predicted octanol–water partition coefficient (Wildman–Crippen LogP) is 2.25. The summed E-state index contributed by atoms with van der Waals surface area (Å²) in [6.45, 7) is 0.0450. The second-order valence-electron chi connectivity index (χ2n) is 4.58. The molecule has 0 radical (unpaired) electrons. The summed E-state index contributed by atoms with van der Waals surface area (Å²) in [6.07, 6.45) is 0.423. The van der Waals surface area contributed by atoms with Gasteiger partial charge in [0.25, 0.3) is 0 Å². The minimum Gasteiger partial charge on any atom is -0.477 e. The minimum atomic E-state index is -1.03. The summed E-state index contributed by atoms with van der Waals surface area (Å²) < 4.78 is 0.846. The van der Waals surface area contributed by atoms with Gasteiger partial charge in [-0.25, -0.2) is 4.79 Å². The number of rotatable bonds is 3. The summed E-state index contributed by atoms with van der Waals surface area (Å²) in [5.74, 6) is -1.50. The average molecular weight is 289 g/mol. The summed E-state index contributed by atoms with van der Waals surface area (Å²) >= 11 is 1.17. The number of carboxylic acids is 1.